The molecule has 0 unspecified atom stereocenters. The summed E-state index contributed by atoms with van der Waals surface area (Å²) in [5.41, 5.74) is 1.09. The van der Waals surface area contributed by atoms with Crippen molar-refractivity contribution in [3.05, 3.63) is 37.0 Å². The fraction of sp³-hybridized carbons (Fsp3) is 0.222. The van der Waals surface area contributed by atoms with Gasteiger partial charge in [0.25, 0.3) is 0 Å². The highest BCUT2D eigenvalue weighted by Crippen LogP contribution is 1.93. The molecule has 0 fully saturated rings. The third kappa shape index (κ3) is 5.55. The molecular formula is C9H13NS. The molecule has 0 heterocycles. The minimum Gasteiger partial charge on any atom is -0.376 e. The smallest absolute Gasteiger partial charge is 0.0724 e. The Bertz CT molecular complexity index is 192. The van der Waals surface area contributed by atoms with Crippen molar-refractivity contribution in [2.75, 3.05) is 6.54 Å². The van der Waals surface area contributed by atoms with Gasteiger partial charge in [-0.3, -0.25) is 0 Å². The van der Waals surface area contributed by atoms with Crippen LogP contribution in [-0.4, -0.2) is 11.5 Å². The highest BCUT2D eigenvalue weighted by molar-refractivity contribution is 7.80. The molecule has 0 atom stereocenters. The normalized spacial score (nSPS) is 10.5. The SMILES string of the molecule is C=C/C=C(\C=C)CNC(C)=S. The van der Waals surface area contributed by atoms with Crippen molar-refractivity contribution in [3.8, 4) is 0 Å². The van der Waals surface area contributed by atoms with Gasteiger partial charge in [-0.05, 0) is 12.5 Å². The van der Waals surface area contributed by atoms with Crippen molar-refractivity contribution in [3.63, 3.8) is 0 Å². The van der Waals surface area contributed by atoms with Crippen LogP contribution in [0.4, 0.5) is 0 Å². The van der Waals surface area contributed by atoms with Crippen LogP contribution in [0.25, 0.3) is 0 Å². The fourth-order valence-electron chi connectivity index (χ4n) is 0.577. The van der Waals surface area contributed by atoms with Crippen molar-refractivity contribution in [1.29, 1.82) is 0 Å². The van der Waals surface area contributed by atoms with Crippen molar-refractivity contribution >= 4 is 17.2 Å². The molecule has 0 aliphatic rings. The maximum Gasteiger partial charge on any atom is 0.0724 e. The van der Waals surface area contributed by atoms with Crippen molar-refractivity contribution in [2.24, 2.45) is 0 Å². The van der Waals surface area contributed by atoms with E-state index < -0.39 is 0 Å². The summed E-state index contributed by atoms with van der Waals surface area (Å²) < 4.78 is 0. The van der Waals surface area contributed by atoms with Gasteiger partial charge in [0.05, 0.1) is 4.99 Å². The molecule has 1 nitrogen and oxygen atoms in total. The Labute approximate surface area is 73.5 Å². The fourth-order valence-corrected chi connectivity index (χ4v) is 0.649. The molecule has 0 bridgehead atoms. The van der Waals surface area contributed by atoms with Crippen LogP contribution in [0.5, 0.6) is 0 Å². The van der Waals surface area contributed by atoms with Crippen LogP contribution in [0.3, 0.4) is 0 Å². The molecule has 2 heteroatoms. The summed E-state index contributed by atoms with van der Waals surface area (Å²) in [5.74, 6) is 0. The van der Waals surface area contributed by atoms with Crippen molar-refractivity contribution in [1.82, 2.24) is 5.32 Å². The summed E-state index contributed by atoms with van der Waals surface area (Å²) in [7, 11) is 0. The van der Waals surface area contributed by atoms with Crippen LogP contribution in [-0.2, 0) is 0 Å². The lowest BCUT2D eigenvalue weighted by Gasteiger charge is -2.02. The van der Waals surface area contributed by atoms with E-state index in [1.54, 1.807) is 12.2 Å². The quantitative estimate of drug-likeness (QED) is 0.509. The number of nitrogens with one attached hydrogen (secondary N) is 1. The molecule has 60 valence electrons. The second-order valence-corrected chi connectivity index (χ2v) is 2.70. The van der Waals surface area contributed by atoms with E-state index in [0.29, 0.717) is 0 Å². The molecule has 0 aliphatic heterocycles. The Morgan fingerprint density at radius 3 is 2.55 bits per heavy atom. The number of hydrogen-bond donors (Lipinski definition) is 1. The molecule has 0 radical (unpaired) electrons. The Balaban J connectivity index is 3.88. The van der Waals surface area contributed by atoms with Crippen molar-refractivity contribution < 1.29 is 0 Å². The van der Waals surface area contributed by atoms with E-state index in [0.717, 1.165) is 17.1 Å². The maximum absolute atomic E-state index is 4.85. The topological polar surface area (TPSA) is 12.0 Å². The van der Waals surface area contributed by atoms with Crippen LogP contribution < -0.4 is 5.32 Å². The van der Waals surface area contributed by atoms with Gasteiger partial charge in [0.15, 0.2) is 0 Å². The Kier molecular flexibility index (Phi) is 5.39. The lowest BCUT2D eigenvalue weighted by molar-refractivity contribution is 1.02. The summed E-state index contributed by atoms with van der Waals surface area (Å²) in [4.78, 5) is 0.793. The van der Waals surface area contributed by atoms with Gasteiger partial charge in [-0.2, -0.15) is 0 Å². The van der Waals surface area contributed by atoms with Crippen LogP contribution in [0, 0.1) is 0 Å². The third-order valence-electron chi connectivity index (χ3n) is 1.14. The predicted molar refractivity (Wildman–Crippen MR) is 54.8 cm³/mol. The lowest BCUT2D eigenvalue weighted by Crippen LogP contribution is -2.20. The average molecular weight is 167 g/mol. The molecule has 0 saturated heterocycles. The molecule has 0 aromatic heterocycles. The molecule has 0 aromatic carbocycles. The zero-order valence-electron chi connectivity index (χ0n) is 6.76. The van der Waals surface area contributed by atoms with E-state index in [-0.39, 0.29) is 0 Å². The van der Waals surface area contributed by atoms with Crippen LogP contribution >= 0.6 is 12.2 Å². The van der Waals surface area contributed by atoms with Gasteiger partial charge in [0, 0.05) is 6.54 Å². The minimum atomic E-state index is 0.727. The Morgan fingerprint density at radius 1 is 1.55 bits per heavy atom. The minimum absolute atomic E-state index is 0.727. The maximum atomic E-state index is 4.85. The van der Waals surface area contributed by atoms with Crippen LogP contribution in [0.2, 0.25) is 0 Å². The number of thiocarbonyl (C=S) groups is 1. The monoisotopic (exact) mass is 167 g/mol. The van der Waals surface area contributed by atoms with E-state index >= 15 is 0 Å². The van der Waals surface area contributed by atoms with Gasteiger partial charge < -0.3 is 5.32 Å². The third-order valence-corrected chi connectivity index (χ3v) is 1.28. The Hall–Kier alpha value is -0.890. The number of allylic oxidation sites excluding steroid dienone is 2. The van der Waals surface area contributed by atoms with Gasteiger partial charge in [-0.1, -0.05) is 43.6 Å². The molecule has 0 rings (SSSR count). The van der Waals surface area contributed by atoms with Gasteiger partial charge >= 0.3 is 0 Å². The first-order valence-electron chi connectivity index (χ1n) is 3.39. The first-order chi connectivity index (χ1) is 5.20. The van der Waals surface area contributed by atoms with Crippen LogP contribution in [0.1, 0.15) is 6.92 Å². The molecule has 0 aromatic rings. The zero-order valence-corrected chi connectivity index (χ0v) is 7.58. The first kappa shape index (κ1) is 10.1. The van der Waals surface area contributed by atoms with E-state index in [2.05, 4.69) is 18.5 Å². The highest BCUT2D eigenvalue weighted by Gasteiger charge is 1.89. The molecule has 0 saturated carbocycles. The largest absolute Gasteiger partial charge is 0.376 e. The van der Waals surface area contributed by atoms with Crippen molar-refractivity contribution in [2.45, 2.75) is 6.92 Å². The van der Waals surface area contributed by atoms with E-state index in [9.17, 15) is 0 Å². The summed E-state index contributed by atoms with van der Waals surface area (Å²) >= 11 is 4.85. The highest BCUT2D eigenvalue weighted by atomic mass is 32.1. The molecule has 1 N–H and O–H groups in total. The molecular weight excluding hydrogens is 154 g/mol. The van der Waals surface area contributed by atoms with Gasteiger partial charge in [0.2, 0.25) is 0 Å². The van der Waals surface area contributed by atoms with E-state index in [1.807, 2.05) is 13.0 Å². The zero-order chi connectivity index (χ0) is 8.69. The lowest BCUT2D eigenvalue weighted by atomic mass is 10.2. The van der Waals surface area contributed by atoms with Gasteiger partial charge in [0.1, 0.15) is 0 Å². The average Bonchev–Trinajstić information content (AvgIpc) is 1.97. The van der Waals surface area contributed by atoms with E-state index in [4.69, 9.17) is 12.2 Å². The molecule has 0 amide bonds. The summed E-state index contributed by atoms with van der Waals surface area (Å²) in [6.45, 7) is 9.83. The molecule has 11 heavy (non-hydrogen) atoms. The van der Waals surface area contributed by atoms with Gasteiger partial charge in [-0.15, -0.1) is 0 Å². The Morgan fingerprint density at radius 2 is 2.18 bits per heavy atom. The number of rotatable bonds is 4. The summed E-state index contributed by atoms with van der Waals surface area (Å²) in [6, 6.07) is 0. The second-order valence-electron chi connectivity index (χ2n) is 2.09. The predicted octanol–water partition coefficient (Wildman–Crippen LogP) is 2.22. The summed E-state index contributed by atoms with van der Waals surface area (Å²) in [6.07, 6.45) is 5.42. The molecule has 0 aliphatic carbocycles. The standard InChI is InChI=1S/C9H13NS/c1-4-6-9(5-2)7-10-8(3)11/h4-6H,1-2,7H2,3H3,(H,10,11)/b9-6+. The number of hydrogen-bond acceptors (Lipinski definition) is 1. The van der Waals surface area contributed by atoms with E-state index in [1.165, 1.54) is 0 Å². The van der Waals surface area contributed by atoms with Gasteiger partial charge in [-0.25, -0.2) is 0 Å². The second kappa shape index (κ2) is 5.86. The summed E-state index contributed by atoms with van der Waals surface area (Å²) in [5, 5.41) is 3.03. The molecule has 0 spiro atoms. The van der Waals surface area contributed by atoms with Crippen LogP contribution in [0.15, 0.2) is 37.0 Å². The first-order valence-corrected chi connectivity index (χ1v) is 3.80.